The molecule has 2 aliphatic heterocycles. The highest BCUT2D eigenvalue weighted by atomic mass is 16.5. The van der Waals surface area contributed by atoms with E-state index in [1.165, 1.54) is 6.42 Å². The number of ether oxygens (including phenoxy) is 2. The van der Waals surface area contributed by atoms with Crippen molar-refractivity contribution in [2.75, 3.05) is 40.0 Å². The predicted octanol–water partition coefficient (Wildman–Crippen LogP) is 1.89. The lowest BCUT2D eigenvalue weighted by Gasteiger charge is -2.47. The Balaban J connectivity index is 2.05. The maximum Gasteiger partial charge on any atom is 0.106 e. The van der Waals surface area contributed by atoms with E-state index in [4.69, 9.17) is 9.47 Å². The highest BCUT2D eigenvalue weighted by Crippen LogP contribution is 2.29. The highest BCUT2D eigenvalue weighted by molar-refractivity contribution is 4.96. The van der Waals surface area contributed by atoms with Gasteiger partial charge in [0.05, 0.1) is 6.61 Å². The van der Waals surface area contributed by atoms with Crippen molar-refractivity contribution in [3.05, 3.63) is 0 Å². The first-order valence-corrected chi connectivity index (χ1v) is 8.00. The number of hydrogen-bond donors (Lipinski definition) is 1. The number of piperazine rings is 1. The Morgan fingerprint density at radius 3 is 2.65 bits per heavy atom. The van der Waals surface area contributed by atoms with Gasteiger partial charge in [-0.15, -0.1) is 0 Å². The molecule has 2 heterocycles. The Bertz CT molecular complexity index is 308. The van der Waals surface area contributed by atoms with Crippen molar-refractivity contribution in [1.29, 1.82) is 0 Å². The average Bonchev–Trinajstić information content (AvgIpc) is 2.87. The number of rotatable bonds is 4. The molecular weight excluding hydrogens is 252 g/mol. The molecule has 0 spiro atoms. The molecule has 20 heavy (non-hydrogen) atoms. The van der Waals surface area contributed by atoms with Crippen LogP contribution in [0.15, 0.2) is 0 Å². The van der Waals surface area contributed by atoms with Gasteiger partial charge in [-0.1, -0.05) is 27.7 Å². The average molecular weight is 284 g/mol. The molecule has 0 bridgehead atoms. The van der Waals surface area contributed by atoms with Crippen LogP contribution in [0.2, 0.25) is 0 Å². The van der Waals surface area contributed by atoms with Crippen LogP contribution >= 0.6 is 0 Å². The van der Waals surface area contributed by atoms with E-state index in [0.29, 0.717) is 17.5 Å². The number of nitrogens with zero attached hydrogens (tertiary/aromatic N) is 1. The molecule has 4 nitrogen and oxygen atoms in total. The Hall–Kier alpha value is -0.160. The van der Waals surface area contributed by atoms with Crippen molar-refractivity contribution in [3.63, 3.8) is 0 Å². The number of methoxy groups -OCH3 is 1. The first-order chi connectivity index (χ1) is 9.40. The molecule has 2 rings (SSSR count). The zero-order valence-electron chi connectivity index (χ0n) is 13.9. The fraction of sp³-hybridized carbons (Fsp3) is 1.00. The SMILES string of the molecule is CCC1CNC(C(C)(C)C)CN1CC1(OC)CCOC1. The van der Waals surface area contributed by atoms with E-state index in [1.807, 2.05) is 7.11 Å². The molecule has 1 N–H and O–H groups in total. The van der Waals surface area contributed by atoms with E-state index in [1.54, 1.807) is 0 Å². The second-order valence-electron chi connectivity index (χ2n) is 7.51. The summed E-state index contributed by atoms with van der Waals surface area (Å²) in [6, 6.07) is 1.16. The molecule has 0 aromatic heterocycles. The van der Waals surface area contributed by atoms with Gasteiger partial charge in [0.25, 0.3) is 0 Å². The molecule has 0 aromatic rings. The maximum atomic E-state index is 5.83. The monoisotopic (exact) mass is 284 g/mol. The smallest absolute Gasteiger partial charge is 0.106 e. The van der Waals surface area contributed by atoms with Gasteiger partial charge in [-0.05, 0) is 11.8 Å². The van der Waals surface area contributed by atoms with E-state index in [2.05, 4.69) is 37.9 Å². The summed E-state index contributed by atoms with van der Waals surface area (Å²) in [5, 5.41) is 3.73. The number of nitrogens with one attached hydrogen (secondary N) is 1. The minimum Gasteiger partial charge on any atom is -0.378 e. The van der Waals surface area contributed by atoms with Gasteiger partial charge in [0.2, 0.25) is 0 Å². The summed E-state index contributed by atoms with van der Waals surface area (Å²) in [7, 11) is 1.83. The molecule has 4 heteroatoms. The van der Waals surface area contributed by atoms with Crippen molar-refractivity contribution in [2.24, 2.45) is 5.41 Å². The summed E-state index contributed by atoms with van der Waals surface area (Å²) in [6.45, 7) is 14.0. The molecule has 0 radical (unpaired) electrons. The zero-order valence-corrected chi connectivity index (χ0v) is 13.9. The molecule has 0 aliphatic carbocycles. The maximum absolute atomic E-state index is 5.83. The standard InChI is InChI=1S/C16H32N2O2/c1-6-13-9-17-14(15(2,3)4)10-18(13)11-16(19-5)7-8-20-12-16/h13-14,17H,6-12H2,1-5H3. The Morgan fingerprint density at radius 2 is 2.15 bits per heavy atom. The van der Waals surface area contributed by atoms with Crippen LogP contribution in [-0.4, -0.2) is 62.5 Å². The second kappa shape index (κ2) is 6.30. The lowest BCUT2D eigenvalue weighted by molar-refractivity contribution is -0.0595. The number of hydrogen-bond acceptors (Lipinski definition) is 4. The second-order valence-corrected chi connectivity index (χ2v) is 7.51. The predicted molar refractivity (Wildman–Crippen MR) is 82.1 cm³/mol. The molecule has 0 saturated carbocycles. The van der Waals surface area contributed by atoms with Gasteiger partial charge in [-0.2, -0.15) is 0 Å². The van der Waals surface area contributed by atoms with E-state index in [9.17, 15) is 0 Å². The first kappa shape index (κ1) is 16.2. The molecule has 2 aliphatic rings. The van der Waals surface area contributed by atoms with Crippen molar-refractivity contribution in [2.45, 2.75) is 58.2 Å². The topological polar surface area (TPSA) is 33.7 Å². The molecule has 0 amide bonds. The van der Waals surface area contributed by atoms with Gasteiger partial charge in [-0.3, -0.25) is 4.90 Å². The zero-order chi connectivity index (χ0) is 14.8. The van der Waals surface area contributed by atoms with Gasteiger partial charge in [0.15, 0.2) is 0 Å². The van der Waals surface area contributed by atoms with Crippen LogP contribution in [0.5, 0.6) is 0 Å². The van der Waals surface area contributed by atoms with E-state index in [-0.39, 0.29) is 5.60 Å². The third kappa shape index (κ3) is 3.53. The van der Waals surface area contributed by atoms with Crippen LogP contribution in [0, 0.1) is 5.41 Å². The van der Waals surface area contributed by atoms with Crippen molar-refractivity contribution in [1.82, 2.24) is 10.2 Å². The van der Waals surface area contributed by atoms with Crippen LogP contribution in [0.3, 0.4) is 0 Å². The van der Waals surface area contributed by atoms with Gasteiger partial charge in [0, 0.05) is 51.9 Å². The van der Waals surface area contributed by atoms with Crippen molar-refractivity contribution >= 4 is 0 Å². The summed E-state index contributed by atoms with van der Waals surface area (Å²) >= 11 is 0. The van der Waals surface area contributed by atoms with Crippen LogP contribution in [0.4, 0.5) is 0 Å². The molecule has 2 fully saturated rings. The van der Waals surface area contributed by atoms with Crippen LogP contribution < -0.4 is 5.32 Å². The molecular formula is C16H32N2O2. The van der Waals surface area contributed by atoms with Gasteiger partial charge < -0.3 is 14.8 Å². The largest absolute Gasteiger partial charge is 0.378 e. The summed E-state index contributed by atoms with van der Waals surface area (Å²) in [5.74, 6) is 0. The summed E-state index contributed by atoms with van der Waals surface area (Å²) in [5.41, 5.74) is 0.205. The van der Waals surface area contributed by atoms with Crippen LogP contribution in [-0.2, 0) is 9.47 Å². The highest BCUT2D eigenvalue weighted by Gasteiger charge is 2.41. The quantitative estimate of drug-likeness (QED) is 0.855. The third-order valence-corrected chi connectivity index (χ3v) is 5.04. The fourth-order valence-electron chi connectivity index (χ4n) is 3.34. The molecule has 0 aromatic carbocycles. The summed E-state index contributed by atoms with van der Waals surface area (Å²) in [6.07, 6.45) is 2.20. The molecule has 3 unspecified atom stereocenters. The lowest BCUT2D eigenvalue weighted by atomic mass is 9.84. The fourth-order valence-corrected chi connectivity index (χ4v) is 3.34. The Kier molecular flexibility index (Phi) is 5.11. The minimum absolute atomic E-state index is 0.0901. The molecule has 3 atom stereocenters. The van der Waals surface area contributed by atoms with Crippen LogP contribution in [0.1, 0.15) is 40.5 Å². The van der Waals surface area contributed by atoms with Gasteiger partial charge in [0.1, 0.15) is 5.60 Å². The lowest BCUT2D eigenvalue weighted by Crippen LogP contribution is -2.63. The summed E-state index contributed by atoms with van der Waals surface area (Å²) in [4.78, 5) is 2.63. The molecule has 118 valence electrons. The summed E-state index contributed by atoms with van der Waals surface area (Å²) < 4.78 is 11.4. The van der Waals surface area contributed by atoms with Crippen LogP contribution in [0.25, 0.3) is 0 Å². The Labute approximate surface area is 124 Å². The van der Waals surface area contributed by atoms with E-state index in [0.717, 1.165) is 39.3 Å². The third-order valence-electron chi connectivity index (χ3n) is 5.04. The van der Waals surface area contributed by atoms with E-state index >= 15 is 0 Å². The minimum atomic E-state index is -0.0901. The Morgan fingerprint density at radius 1 is 1.40 bits per heavy atom. The first-order valence-electron chi connectivity index (χ1n) is 8.00. The van der Waals surface area contributed by atoms with Crippen molar-refractivity contribution in [3.8, 4) is 0 Å². The van der Waals surface area contributed by atoms with Crippen molar-refractivity contribution < 1.29 is 9.47 Å². The van der Waals surface area contributed by atoms with E-state index < -0.39 is 0 Å². The van der Waals surface area contributed by atoms with Gasteiger partial charge in [-0.25, -0.2) is 0 Å². The molecule has 2 saturated heterocycles. The normalized spacial score (nSPS) is 36.5. The van der Waals surface area contributed by atoms with Gasteiger partial charge >= 0.3 is 0 Å².